The Morgan fingerprint density at radius 2 is 1.89 bits per heavy atom. The fourth-order valence-corrected chi connectivity index (χ4v) is 4.13. The van der Waals surface area contributed by atoms with Crippen LogP contribution in [0.3, 0.4) is 0 Å². The summed E-state index contributed by atoms with van der Waals surface area (Å²) >= 11 is 0. The van der Waals surface area contributed by atoms with Gasteiger partial charge >= 0.3 is 0 Å². The Kier molecular flexibility index (Phi) is 5.44. The summed E-state index contributed by atoms with van der Waals surface area (Å²) in [4.78, 5) is 19.7. The van der Waals surface area contributed by atoms with Crippen LogP contribution in [0.1, 0.15) is 37.6 Å². The summed E-state index contributed by atoms with van der Waals surface area (Å²) in [6.45, 7) is 6.90. The highest BCUT2D eigenvalue weighted by molar-refractivity contribution is 5.97. The number of carbonyl (C=O) groups excluding carboxylic acids is 1. The van der Waals surface area contributed by atoms with Gasteiger partial charge in [-0.25, -0.2) is 4.98 Å². The number of aromatic nitrogens is 2. The summed E-state index contributed by atoms with van der Waals surface area (Å²) < 4.78 is 7.82. The maximum atomic E-state index is 12.9. The molecule has 3 aromatic rings. The highest BCUT2D eigenvalue weighted by atomic mass is 16.5. The predicted molar refractivity (Wildman–Crippen MR) is 112 cm³/mol. The molecule has 5 nitrogen and oxygen atoms in total. The number of fused-ring (bicyclic) bond motifs is 1. The molecule has 0 saturated carbocycles. The van der Waals surface area contributed by atoms with Crippen molar-refractivity contribution in [2.45, 2.75) is 39.2 Å². The van der Waals surface area contributed by atoms with Gasteiger partial charge in [0.15, 0.2) is 0 Å². The van der Waals surface area contributed by atoms with Crippen molar-refractivity contribution in [3.05, 3.63) is 59.9 Å². The Morgan fingerprint density at radius 3 is 2.71 bits per heavy atom. The molecule has 2 aromatic carbocycles. The Labute approximate surface area is 165 Å². The van der Waals surface area contributed by atoms with Crippen LogP contribution in [0.4, 0.5) is 5.69 Å². The molecule has 1 amide bonds. The van der Waals surface area contributed by atoms with Gasteiger partial charge < -0.3 is 14.2 Å². The monoisotopic (exact) mass is 377 g/mol. The quantitative estimate of drug-likeness (QED) is 0.581. The van der Waals surface area contributed by atoms with Crippen molar-refractivity contribution in [2.24, 2.45) is 0 Å². The number of hydrogen-bond acceptors (Lipinski definition) is 3. The van der Waals surface area contributed by atoms with E-state index >= 15 is 0 Å². The van der Waals surface area contributed by atoms with Crippen LogP contribution >= 0.6 is 0 Å². The number of aryl methyl sites for hydroxylation is 1. The second-order valence-corrected chi connectivity index (χ2v) is 7.19. The summed E-state index contributed by atoms with van der Waals surface area (Å²) in [6, 6.07) is 16.4. The van der Waals surface area contributed by atoms with Crippen molar-refractivity contribution in [2.75, 3.05) is 24.7 Å². The van der Waals surface area contributed by atoms with Gasteiger partial charge in [0.1, 0.15) is 5.82 Å². The Bertz CT molecular complexity index is 979. The number of nitrogens with zero attached hydrogens (tertiary/aromatic N) is 3. The molecule has 0 aliphatic carbocycles. The first kappa shape index (κ1) is 18.7. The third kappa shape index (κ3) is 3.42. The van der Waals surface area contributed by atoms with Crippen molar-refractivity contribution in [1.82, 2.24) is 9.55 Å². The Balaban J connectivity index is 1.67. The minimum atomic E-state index is 0.0893. The van der Waals surface area contributed by atoms with Crippen molar-refractivity contribution in [1.29, 1.82) is 0 Å². The standard InChI is InChI=1S/C23H27N3O2/c1-3-17-9-5-7-11-20(17)26-16-18(15-22(26)27)23-24-19-10-6-8-12-21(19)25(23)13-14-28-4-2/h5-12,18H,3-4,13-16H2,1-2H3. The lowest BCUT2D eigenvalue weighted by atomic mass is 10.1. The minimum absolute atomic E-state index is 0.0893. The molecule has 4 rings (SSSR count). The number of hydrogen-bond donors (Lipinski definition) is 0. The third-order valence-electron chi connectivity index (χ3n) is 5.50. The molecule has 1 aliphatic rings. The van der Waals surface area contributed by atoms with Crippen molar-refractivity contribution >= 4 is 22.6 Å². The van der Waals surface area contributed by atoms with E-state index in [-0.39, 0.29) is 11.8 Å². The fourth-order valence-electron chi connectivity index (χ4n) is 4.13. The highest BCUT2D eigenvalue weighted by Crippen LogP contribution is 2.34. The average molecular weight is 377 g/mol. The van der Waals surface area contributed by atoms with Crippen LogP contribution in [0.25, 0.3) is 11.0 Å². The largest absolute Gasteiger partial charge is 0.380 e. The average Bonchev–Trinajstić information content (AvgIpc) is 3.29. The number of anilines is 1. The molecular formula is C23H27N3O2. The molecule has 1 saturated heterocycles. The van der Waals surface area contributed by atoms with E-state index in [1.54, 1.807) is 0 Å². The van der Waals surface area contributed by atoms with Crippen LogP contribution in [0.15, 0.2) is 48.5 Å². The fraction of sp³-hybridized carbons (Fsp3) is 0.391. The molecule has 0 spiro atoms. The van der Waals surface area contributed by atoms with Gasteiger partial charge in [0, 0.05) is 37.7 Å². The summed E-state index contributed by atoms with van der Waals surface area (Å²) in [7, 11) is 0. The lowest BCUT2D eigenvalue weighted by Crippen LogP contribution is -2.25. The van der Waals surface area contributed by atoms with E-state index in [0.717, 1.165) is 35.5 Å². The van der Waals surface area contributed by atoms with Crippen LogP contribution in [-0.4, -0.2) is 35.2 Å². The van der Waals surface area contributed by atoms with Crippen LogP contribution in [-0.2, 0) is 22.5 Å². The second-order valence-electron chi connectivity index (χ2n) is 7.19. The van der Waals surface area contributed by atoms with Crippen LogP contribution in [0.5, 0.6) is 0 Å². The normalized spacial score (nSPS) is 17.0. The highest BCUT2D eigenvalue weighted by Gasteiger charge is 2.35. The summed E-state index contributed by atoms with van der Waals surface area (Å²) in [6.07, 6.45) is 1.41. The minimum Gasteiger partial charge on any atom is -0.380 e. The van der Waals surface area contributed by atoms with E-state index in [1.807, 2.05) is 42.2 Å². The molecule has 0 bridgehead atoms. The van der Waals surface area contributed by atoms with Gasteiger partial charge in [-0.15, -0.1) is 0 Å². The number of benzene rings is 2. The zero-order valence-corrected chi connectivity index (χ0v) is 16.6. The smallest absolute Gasteiger partial charge is 0.227 e. The predicted octanol–water partition coefficient (Wildman–Crippen LogP) is 4.16. The number of amides is 1. The van der Waals surface area contributed by atoms with Gasteiger partial charge in [0.05, 0.1) is 17.6 Å². The molecule has 0 N–H and O–H groups in total. The molecular weight excluding hydrogens is 350 g/mol. The first-order valence-corrected chi connectivity index (χ1v) is 10.1. The van der Waals surface area contributed by atoms with E-state index in [1.165, 1.54) is 5.56 Å². The molecule has 0 radical (unpaired) electrons. The summed E-state index contributed by atoms with van der Waals surface area (Å²) in [5.74, 6) is 1.26. The third-order valence-corrected chi connectivity index (χ3v) is 5.50. The van der Waals surface area contributed by atoms with Gasteiger partial charge in [-0.3, -0.25) is 4.79 Å². The zero-order chi connectivity index (χ0) is 19.5. The van der Waals surface area contributed by atoms with Crippen LogP contribution in [0, 0.1) is 0 Å². The van der Waals surface area contributed by atoms with Crippen molar-refractivity contribution < 1.29 is 9.53 Å². The molecule has 1 unspecified atom stereocenters. The molecule has 1 aliphatic heterocycles. The number of para-hydroxylation sites is 3. The van der Waals surface area contributed by atoms with E-state index in [9.17, 15) is 4.79 Å². The molecule has 1 fully saturated rings. The Morgan fingerprint density at radius 1 is 1.11 bits per heavy atom. The van der Waals surface area contributed by atoms with Gasteiger partial charge in [-0.1, -0.05) is 37.3 Å². The van der Waals surface area contributed by atoms with Crippen molar-refractivity contribution in [3.63, 3.8) is 0 Å². The number of carbonyl (C=O) groups is 1. The van der Waals surface area contributed by atoms with E-state index < -0.39 is 0 Å². The number of imidazole rings is 1. The maximum Gasteiger partial charge on any atom is 0.227 e. The number of rotatable bonds is 7. The maximum absolute atomic E-state index is 12.9. The lowest BCUT2D eigenvalue weighted by Gasteiger charge is -2.20. The number of ether oxygens (including phenoxy) is 1. The molecule has 146 valence electrons. The van der Waals surface area contributed by atoms with Crippen LogP contribution in [0.2, 0.25) is 0 Å². The van der Waals surface area contributed by atoms with Gasteiger partial charge in [-0.05, 0) is 37.1 Å². The Hall–Kier alpha value is -2.66. The SMILES string of the molecule is CCOCCn1c(C2CC(=O)N(c3ccccc3CC)C2)nc2ccccc21. The second kappa shape index (κ2) is 8.15. The molecule has 5 heteroatoms. The molecule has 28 heavy (non-hydrogen) atoms. The topological polar surface area (TPSA) is 47.4 Å². The first-order valence-electron chi connectivity index (χ1n) is 10.1. The van der Waals surface area contributed by atoms with Crippen molar-refractivity contribution in [3.8, 4) is 0 Å². The van der Waals surface area contributed by atoms with E-state index in [4.69, 9.17) is 9.72 Å². The van der Waals surface area contributed by atoms with E-state index in [2.05, 4.69) is 29.7 Å². The van der Waals surface area contributed by atoms with Crippen LogP contribution < -0.4 is 4.90 Å². The summed E-state index contributed by atoms with van der Waals surface area (Å²) in [5, 5.41) is 0. The zero-order valence-electron chi connectivity index (χ0n) is 16.6. The van der Waals surface area contributed by atoms with Gasteiger partial charge in [0.25, 0.3) is 0 Å². The molecule has 1 atom stereocenters. The lowest BCUT2D eigenvalue weighted by molar-refractivity contribution is -0.117. The summed E-state index contributed by atoms with van der Waals surface area (Å²) in [5.41, 5.74) is 4.33. The van der Waals surface area contributed by atoms with Gasteiger partial charge in [-0.2, -0.15) is 0 Å². The van der Waals surface area contributed by atoms with Gasteiger partial charge in [0.2, 0.25) is 5.91 Å². The van der Waals surface area contributed by atoms with E-state index in [0.29, 0.717) is 26.2 Å². The molecule has 2 heterocycles. The first-order chi connectivity index (χ1) is 13.7. The molecule has 1 aromatic heterocycles.